The van der Waals surface area contributed by atoms with E-state index in [-0.39, 0.29) is 122 Å². The van der Waals surface area contributed by atoms with Crippen LogP contribution in [-0.4, -0.2) is 211 Å². The molecule has 0 aliphatic carbocycles. The summed E-state index contributed by atoms with van der Waals surface area (Å²) in [6.07, 6.45) is 3.35. The van der Waals surface area contributed by atoms with Gasteiger partial charge >= 0.3 is 35.9 Å². The average molecular weight is 1360 g/mol. The Morgan fingerprint density at radius 1 is 0.677 bits per heavy atom. The third kappa shape index (κ3) is 14.7. The molecule has 4 amide bonds. The maximum atomic E-state index is 14.8. The van der Waals surface area contributed by atoms with Gasteiger partial charge in [-0.2, -0.15) is 32.3 Å². The Bertz CT molecular complexity index is 3670. The van der Waals surface area contributed by atoms with Crippen molar-refractivity contribution in [1.82, 2.24) is 50.0 Å². The second-order valence-corrected chi connectivity index (χ2v) is 27.1. The maximum absolute atomic E-state index is 14.8. The number of hydrogen-bond acceptors (Lipinski definition) is 20. The summed E-state index contributed by atoms with van der Waals surface area (Å²) in [6, 6.07) is 9.25. The number of carboxylic acids is 2. The minimum absolute atomic E-state index is 0. The zero-order valence-electron chi connectivity index (χ0n) is 53.6. The molecule has 24 nitrogen and oxygen atoms in total. The van der Waals surface area contributed by atoms with Gasteiger partial charge in [0, 0.05) is 113 Å². The van der Waals surface area contributed by atoms with Crippen molar-refractivity contribution >= 4 is 97.3 Å². The molecule has 502 valence electrons. The minimum Gasteiger partial charge on any atom is -0.481 e. The molecule has 0 spiro atoms. The lowest BCUT2D eigenvalue weighted by molar-refractivity contribution is -0.148. The molecule has 5 N–H and O–H groups in total. The van der Waals surface area contributed by atoms with Gasteiger partial charge in [0.1, 0.15) is 29.3 Å². The summed E-state index contributed by atoms with van der Waals surface area (Å²) < 4.78 is 40.6. The summed E-state index contributed by atoms with van der Waals surface area (Å²) in [5.41, 5.74) is -2.40. The third-order valence-electron chi connectivity index (χ3n) is 17.7. The summed E-state index contributed by atoms with van der Waals surface area (Å²) in [7, 11) is 0. The number of amidine groups is 2. The second kappa shape index (κ2) is 29.0. The molecule has 4 atom stereocenters. The quantitative estimate of drug-likeness (QED) is 0.0574. The Morgan fingerprint density at radius 3 is 1.52 bits per heavy atom. The molecule has 10 rings (SSSR count). The number of urea groups is 2. The van der Waals surface area contributed by atoms with Crippen molar-refractivity contribution in [3.8, 4) is 6.07 Å². The van der Waals surface area contributed by atoms with Gasteiger partial charge in [-0.25, -0.2) is 37.9 Å². The van der Waals surface area contributed by atoms with E-state index in [2.05, 4.69) is 36.5 Å². The van der Waals surface area contributed by atoms with E-state index in [0.29, 0.717) is 81.5 Å². The van der Waals surface area contributed by atoms with E-state index in [1.807, 2.05) is 10.8 Å². The highest BCUT2D eigenvalue weighted by Crippen LogP contribution is 2.43. The lowest BCUT2D eigenvalue weighted by Crippen LogP contribution is -2.70. The van der Waals surface area contributed by atoms with E-state index in [0.717, 1.165) is 0 Å². The summed E-state index contributed by atoms with van der Waals surface area (Å²) >= 11 is 2.74. The van der Waals surface area contributed by atoms with Crippen molar-refractivity contribution in [2.24, 2.45) is 20.8 Å². The molecule has 30 heteroatoms. The number of hydrogen-bond donors (Lipinski definition) is 5. The van der Waals surface area contributed by atoms with Crippen LogP contribution in [0.25, 0.3) is 0 Å². The highest BCUT2D eigenvalue weighted by Gasteiger charge is 2.61. The van der Waals surface area contributed by atoms with Crippen molar-refractivity contribution in [2.45, 2.75) is 104 Å². The Morgan fingerprint density at radius 2 is 1.11 bits per heavy atom. The summed E-state index contributed by atoms with van der Waals surface area (Å²) in [5, 5.41) is 52.3. The Kier molecular flexibility index (Phi) is 22.7. The highest BCUT2D eigenvalue weighted by molar-refractivity contribution is 7.59. The number of aliphatic imine (C=N–C) groups is 2. The lowest BCUT2D eigenvalue weighted by atomic mass is 9.79. The molecule has 2 unspecified atom stereocenters. The molecule has 0 saturated carbocycles. The van der Waals surface area contributed by atoms with Gasteiger partial charge in [0.2, 0.25) is 0 Å². The monoisotopic (exact) mass is 1360 g/mol. The first kappa shape index (κ1) is 72.9. The number of ether oxygens (including phenoxy) is 2. The van der Waals surface area contributed by atoms with E-state index < -0.39 is 75.1 Å². The molecule has 6 aliphatic heterocycles. The summed E-state index contributed by atoms with van der Waals surface area (Å²) in [5.74, 6) is -3.18. The van der Waals surface area contributed by atoms with Crippen LogP contribution in [0.15, 0.2) is 92.1 Å². The molecule has 4 fully saturated rings. The van der Waals surface area contributed by atoms with E-state index >= 15 is 0 Å². The fourth-order valence-electron chi connectivity index (χ4n) is 12.7. The van der Waals surface area contributed by atoms with Crippen molar-refractivity contribution in [2.75, 3.05) is 91.8 Å². The number of piperazine rings is 2. The zero-order chi connectivity index (χ0) is 66.1. The normalized spacial score (nSPS) is 21.8. The Labute approximate surface area is 560 Å². The van der Waals surface area contributed by atoms with Crippen LogP contribution in [0.5, 0.6) is 0 Å². The van der Waals surface area contributed by atoms with Gasteiger partial charge in [-0.15, -0.1) is 22.7 Å². The highest BCUT2D eigenvalue weighted by atomic mass is 32.1. The smallest absolute Gasteiger partial charge is 0.338 e. The van der Waals surface area contributed by atoms with Crippen molar-refractivity contribution < 1.29 is 62.3 Å². The first-order chi connectivity index (χ1) is 43.0. The number of aromatic nitrogens is 2. The number of benzene rings is 2. The summed E-state index contributed by atoms with van der Waals surface area (Å²) in [6.45, 7) is 19.3. The Balaban J connectivity index is 0.000000258. The number of aliphatic carboxylic acids is 2. The van der Waals surface area contributed by atoms with Gasteiger partial charge in [0.25, 0.3) is 0 Å². The molecule has 93 heavy (non-hydrogen) atoms. The van der Waals surface area contributed by atoms with Crippen LogP contribution in [-0.2, 0) is 28.7 Å². The lowest BCUT2D eigenvalue weighted by Gasteiger charge is -2.52. The molecular formula is C63H81F2N13O11S4. The predicted molar refractivity (Wildman–Crippen MR) is 354 cm³/mol. The number of esters is 2. The number of thiazole rings is 2. The number of aliphatic hydroxyl groups is 1. The van der Waals surface area contributed by atoms with Crippen LogP contribution in [0.4, 0.5) is 18.4 Å². The van der Waals surface area contributed by atoms with Gasteiger partial charge in [-0.05, 0) is 104 Å². The number of halogens is 2. The molecule has 2 aromatic heterocycles. The van der Waals surface area contributed by atoms with Crippen LogP contribution < -0.4 is 10.6 Å². The summed E-state index contributed by atoms with van der Waals surface area (Å²) in [4.78, 5) is 107. The number of nitrogens with one attached hydrogen (secondary N) is 2. The van der Waals surface area contributed by atoms with Crippen LogP contribution in [0.2, 0.25) is 0 Å². The fraction of sp³-hybridized carbons (Fsp3) is 0.508. The number of carbonyl (C=O) groups excluding carboxylic acids is 4. The molecule has 8 heterocycles. The number of fused-ring (bicyclic) bond motifs is 2. The topological polar surface area (TPSA) is 299 Å². The van der Waals surface area contributed by atoms with Crippen molar-refractivity contribution in [3.63, 3.8) is 0 Å². The van der Waals surface area contributed by atoms with Gasteiger partial charge in [0.15, 0.2) is 21.7 Å². The van der Waals surface area contributed by atoms with Crippen LogP contribution in [0.1, 0.15) is 106 Å². The van der Waals surface area contributed by atoms with E-state index in [1.165, 1.54) is 44.6 Å². The predicted octanol–water partition coefficient (Wildman–Crippen LogP) is 6.71. The number of amides is 4. The van der Waals surface area contributed by atoms with Crippen molar-refractivity contribution in [3.05, 3.63) is 126 Å². The standard InChI is InChI=1S/C32H41FN6O6S.C31H36FN7O5S.2H2S/c1-7-45-27(40)23-22(35-25(26-34-11-14-46-26)36-24(23)20-9-8-10-21(33)19(20)2)15-37-12-13-39-29(43)38(16-30(3,4)28(41)42)18-32(39,17-37)31(5,6)44;1-5-44-27(40)23-22(35-25(26-34-11-14-45-26)36-24(23)20-7-6-8-21(32)19(20)2)15-37-12-13-39-29(43)38(16-30(3,4)28(41)42)18-31(39,17-37)9-10-33;;/h8-11,14,24,44H,7,12-13,15-18H2,1-6H3,(H,35,36)(H,41,42);6-8,11,14,24H,5,9,12-13,15-18H2,1-4H3,(H,35,36)(H,41,42);2*1H2/t24-,32?;24-,31?;;/m00../s1. The van der Waals surface area contributed by atoms with Crippen LogP contribution >= 0.6 is 49.7 Å². The molecule has 6 aliphatic rings. The molecule has 4 aromatic rings. The molecule has 0 bridgehead atoms. The second-order valence-electron chi connectivity index (χ2n) is 25.3. The fourth-order valence-corrected chi connectivity index (χ4v) is 13.9. The number of nitriles is 1. The first-order valence-corrected chi connectivity index (χ1v) is 31.7. The Hall–Kier alpha value is -7.53. The van der Waals surface area contributed by atoms with E-state index in [1.54, 1.807) is 116 Å². The average Bonchev–Trinajstić information content (AvgIpc) is 1.63. The van der Waals surface area contributed by atoms with Gasteiger partial charge in [-0.1, -0.05) is 24.3 Å². The van der Waals surface area contributed by atoms with Gasteiger partial charge in [0.05, 0.1) is 58.8 Å². The maximum Gasteiger partial charge on any atom is 0.338 e. The van der Waals surface area contributed by atoms with E-state index in [4.69, 9.17) is 19.5 Å². The molecule has 4 saturated heterocycles. The van der Waals surface area contributed by atoms with Crippen molar-refractivity contribution in [1.29, 1.82) is 5.26 Å². The van der Waals surface area contributed by atoms with Gasteiger partial charge < -0.3 is 55.0 Å². The number of rotatable bonds is 20. The zero-order valence-corrected chi connectivity index (χ0v) is 57.3. The SMILES string of the molecule is CCOC(=O)C1=C(CN2CCN3C(=O)N(CC(C)(C)C(=O)O)CC3(C(C)(C)O)C2)NC(c2nccs2)=N[C@H]1c1cccc(F)c1C.CCOC(=O)C1=C(CN2CCN3C(=O)N(CC(C)(C)C(=O)O)CC3(CC#N)C2)NC(c2nccs2)=N[C@H]1c1cccc(F)c1C.S.S. The first-order valence-electron chi connectivity index (χ1n) is 29.9. The van der Waals surface area contributed by atoms with Crippen LogP contribution in [0, 0.1) is 47.6 Å². The molecular weight excluding hydrogens is 1280 g/mol. The number of nitrogens with zero attached hydrogens (tertiary/aromatic N) is 11. The number of carboxylic acid groups (broad SMARTS) is 2. The third-order valence-corrected chi connectivity index (χ3v) is 19.2. The number of carbonyl (C=O) groups is 6. The van der Waals surface area contributed by atoms with Crippen LogP contribution in [0.3, 0.4) is 0 Å². The molecule has 2 aromatic carbocycles. The minimum atomic E-state index is -1.36. The largest absolute Gasteiger partial charge is 0.481 e. The van der Waals surface area contributed by atoms with Gasteiger partial charge in [-0.3, -0.25) is 29.4 Å². The van der Waals surface area contributed by atoms with E-state index in [9.17, 15) is 58.1 Å². The molecule has 0 radical (unpaired) electrons.